The van der Waals surface area contributed by atoms with E-state index in [1.807, 2.05) is 0 Å². The lowest BCUT2D eigenvalue weighted by molar-refractivity contribution is -0.146. The first-order chi connectivity index (χ1) is 18.2. The summed E-state index contributed by atoms with van der Waals surface area (Å²) in [6.45, 7) is 1.24. The normalized spacial score (nSPS) is 10.8. The van der Waals surface area contributed by atoms with E-state index < -0.39 is 18.5 Å². The molecule has 0 spiro atoms. The molecular weight excluding hydrogens is 531 g/mol. The maximum atomic E-state index is 13.4. The molecule has 4 aromatic rings. The highest BCUT2D eigenvalue weighted by molar-refractivity contribution is 6.31. The van der Waals surface area contributed by atoms with Crippen molar-refractivity contribution in [2.24, 2.45) is 0 Å². The van der Waals surface area contributed by atoms with Crippen molar-refractivity contribution in [2.45, 2.75) is 13.3 Å². The second-order valence-corrected chi connectivity index (χ2v) is 9.20. The summed E-state index contributed by atoms with van der Waals surface area (Å²) < 4.78 is 17.4. The fourth-order valence-electron chi connectivity index (χ4n) is 4.10. The van der Waals surface area contributed by atoms with Crippen LogP contribution in [-0.2, 0) is 20.7 Å². The number of nitrogens with zero attached hydrogens (tertiary/aromatic N) is 1. The lowest BCUT2D eigenvalue weighted by Crippen LogP contribution is -2.22. The molecule has 0 atom stereocenters. The molecule has 1 aromatic heterocycles. The van der Waals surface area contributed by atoms with Gasteiger partial charge in [-0.2, -0.15) is 0 Å². The monoisotopic (exact) mass is 554 g/mol. The Labute approximate surface area is 229 Å². The molecule has 196 valence electrons. The molecular formula is C28H24Cl2N2O6. The maximum Gasteiger partial charge on any atom is 0.310 e. The molecule has 0 aliphatic rings. The SMILES string of the molecule is COc1ccc2c(c1)c(CC(=O)OCC(=O)Nc1cc(Cl)ccc1OC)c(C)n2C(=O)c1ccc(Cl)cc1. The number of methoxy groups -OCH3 is 2. The number of nitrogens with one attached hydrogen (secondary N) is 1. The van der Waals surface area contributed by atoms with Crippen molar-refractivity contribution in [3.8, 4) is 11.5 Å². The number of hydrogen-bond donors (Lipinski definition) is 1. The predicted octanol–water partition coefficient (Wildman–Crippen LogP) is 5.69. The molecule has 3 aromatic carbocycles. The molecule has 0 saturated carbocycles. The van der Waals surface area contributed by atoms with Crippen LogP contribution in [0.15, 0.2) is 60.7 Å². The van der Waals surface area contributed by atoms with Crippen LogP contribution in [0.2, 0.25) is 10.0 Å². The Morgan fingerprint density at radius 1 is 0.895 bits per heavy atom. The fraction of sp³-hybridized carbons (Fsp3) is 0.179. The number of esters is 1. The van der Waals surface area contributed by atoms with Crippen molar-refractivity contribution in [1.82, 2.24) is 4.57 Å². The van der Waals surface area contributed by atoms with Crippen LogP contribution in [0.1, 0.15) is 21.6 Å². The van der Waals surface area contributed by atoms with E-state index in [0.29, 0.717) is 55.0 Å². The molecule has 4 rings (SSSR count). The van der Waals surface area contributed by atoms with Gasteiger partial charge in [-0.05, 0) is 73.2 Å². The highest BCUT2D eigenvalue weighted by atomic mass is 35.5. The third-order valence-electron chi connectivity index (χ3n) is 5.96. The fourth-order valence-corrected chi connectivity index (χ4v) is 4.40. The van der Waals surface area contributed by atoms with Gasteiger partial charge in [0.15, 0.2) is 6.61 Å². The van der Waals surface area contributed by atoms with Crippen LogP contribution in [0.3, 0.4) is 0 Å². The molecule has 0 aliphatic heterocycles. The lowest BCUT2D eigenvalue weighted by atomic mass is 10.1. The number of carbonyl (C=O) groups is 3. The summed E-state index contributed by atoms with van der Waals surface area (Å²) in [6.07, 6.45) is -0.163. The van der Waals surface area contributed by atoms with Crippen LogP contribution in [0.5, 0.6) is 11.5 Å². The number of rotatable bonds is 8. The highest BCUT2D eigenvalue weighted by Crippen LogP contribution is 2.31. The van der Waals surface area contributed by atoms with E-state index >= 15 is 0 Å². The number of hydrogen-bond acceptors (Lipinski definition) is 6. The third kappa shape index (κ3) is 5.77. The first kappa shape index (κ1) is 27.0. The average Bonchev–Trinajstić information content (AvgIpc) is 3.17. The molecule has 0 unspecified atom stereocenters. The van der Waals surface area contributed by atoms with Gasteiger partial charge in [0.25, 0.3) is 11.8 Å². The number of amides is 1. The van der Waals surface area contributed by atoms with E-state index in [1.165, 1.54) is 20.3 Å². The summed E-state index contributed by atoms with van der Waals surface area (Å²) in [5.74, 6) is -0.488. The zero-order chi connectivity index (χ0) is 27.4. The first-order valence-electron chi connectivity index (χ1n) is 11.5. The van der Waals surface area contributed by atoms with Gasteiger partial charge < -0.3 is 19.5 Å². The van der Waals surface area contributed by atoms with E-state index in [2.05, 4.69) is 5.32 Å². The van der Waals surface area contributed by atoms with Crippen molar-refractivity contribution in [3.05, 3.63) is 87.5 Å². The van der Waals surface area contributed by atoms with Crippen LogP contribution in [0.4, 0.5) is 5.69 Å². The maximum absolute atomic E-state index is 13.4. The number of aromatic nitrogens is 1. The van der Waals surface area contributed by atoms with Crippen molar-refractivity contribution in [1.29, 1.82) is 0 Å². The Kier molecular flexibility index (Phi) is 8.24. The third-order valence-corrected chi connectivity index (χ3v) is 6.44. The van der Waals surface area contributed by atoms with Crippen molar-refractivity contribution < 1.29 is 28.6 Å². The van der Waals surface area contributed by atoms with E-state index in [1.54, 1.807) is 66.1 Å². The molecule has 1 heterocycles. The van der Waals surface area contributed by atoms with Crippen molar-refractivity contribution >= 4 is 57.6 Å². The van der Waals surface area contributed by atoms with Gasteiger partial charge in [-0.15, -0.1) is 0 Å². The van der Waals surface area contributed by atoms with Gasteiger partial charge in [-0.25, -0.2) is 0 Å². The zero-order valence-corrected chi connectivity index (χ0v) is 22.4. The van der Waals surface area contributed by atoms with E-state index in [4.69, 9.17) is 37.4 Å². The van der Waals surface area contributed by atoms with Gasteiger partial charge in [-0.1, -0.05) is 23.2 Å². The number of carbonyl (C=O) groups excluding carboxylic acids is 3. The quantitative estimate of drug-likeness (QED) is 0.281. The average molecular weight is 555 g/mol. The summed E-state index contributed by atoms with van der Waals surface area (Å²) >= 11 is 12.0. The van der Waals surface area contributed by atoms with Gasteiger partial charge in [0, 0.05) is 26.7 Å². The number of benzene rings is 3. The smallest absolute Gasteiger partial charge is 0.310 e. The Morgan fingerprint density at radius 3 is 2.29 bits per heavy atom. The minimum Gasteiger partial charge on any atom is -0.497 e. The number of fused-ring (bicyclic) bond motifs is 1. The zero-order valence-electron chi connectivity index (χ0n) is 20.8. The number of halogens is 2. The summed E-state index contributed by atoms with van der Waals surface area (Å²) in [5, 5.41) is 4.21. The van der Waals surface area contributed by atoms with Crippen molar-refractivity contribution in [2.75, 3.05) is 26.1 Å². The minimum absolute atomic E-state index is 0.163. The molecule has 10 heteroatoms. The first-order valence-corrected chi connectivity index (χ1v) is 12.2. The Bertz CT molecular complexity index is 1530. The minimum atomic E-state index is -0.637. The van der Waals surface area contributed by atoms with Crippen LogP contribution in [0, 0.1) is 6.92 Å². The summed E-state index contributed by atoms with van der Waals surface area (Å²) in [5.41, 5.74) is 2.55. The molecule has 0 fully saturated rings. The lowest BCUT2D eigenvalue weighted by Gasteiger charge is -2.11. The summed E-state index contributed by atoms with van der Waals surface area (Å²) in [7, 11) is 3.00. The largest absolute Gasteiger partial charge is 0.497 e. The molecule has 0 aliphatic carbocycles. The van der Waals surface area contributed by atoms with Crippen LogP contribution >= 0.6 is 23.2 Å². The van der Waals surface area contributed by atoms with Gasteiger partial charge in [0.2, 0.25) is 0 Å². The molecule has 1 amide bonds. The van der Waals surface area contributed by atoms with Gasteiger partial charge >= 0.3 is 5.97 Å². The summed E-state index contributed by atoms with van der Waals surface area (Å²) in [4.78, 5) is 38.6. The molecule has 8 nitrogen and oxygen atoms in total. The molecule has 1 N–H and O–H groups in total. The molecule has 0 bridgehead atoms. The molecule has 0 radical (unpaired) electrons. The van der Waals surface area contributed by atoms with E-state index in [9.17, 15) is 14.4 Å². The number of ether oxygens (including phenoxy) is 3. The standard InChI is InChI=1S/C28H24Cl2N2O6/c1-16-21(14-27(34)38-15-26(33)31-23-12-19(30)8-11-25(23)37-3)22-13-20(36-2)9-10-24(22)32(16)28(35)17-4-6-18(29)7-5-17/h4-13H,14-15H2,1-3H3,(H,31,33). The van der Waals surface area contributed by atoms with Gasteiger partial charge in [-0.3, -0.25) is 19.0 Å². The second kappa shape index (κ2) is 11.6. The predicted molar refractivity (Wildman–Crippen MR) is 146 cm³/mol. The van der Waals surface area contributed by atoms with Crippen LogP contribution in [-0.4, -0.2) is 43.2 Å². The van der Waals surface area contributed by atoms with Crippen molar-refractivity contribution in [3.63, 3.8) is 0 Å². The van der Waals surface area contributed by atoms with Crippen LogP contribution < -0.4 is 14.8 Å². The molecule has 38 heavy (non-hydrogen) atoms. The molecule has 0 saturated heterocycles. The number of anilines is 1. The van der Waals surface area contributed by atoms with Gasteiger partial charge in [0.1, 0.15) is 11.5 Å². The van der Waals surface area contributed by atoms with E-state index in [-0.39, 0.29) is 12.3 Å². The Balaban J connectivity index is 1.56. The van der Waals surface area contributed by atoms with Crippen LogP contribution in [0.25, 0.3) is 10.9 Å². The summed E-state index contributed by atoms with van der Waals surface area (Å²) in [6, 6.07) is 16.6. The Morgan fingerprint density at radius 2 is 1.61 bits per heavy atom. The topological polar surface area (TPSA) is 95.9 Å². The highest BCUT2D eigenvalue weighted by Gasteiger charge is 2.23. The second-order valence-electron chi connectivity index (χ2n) is 8.32. The Hall–Kier alpha value is -4.01. The van der Waals surface area contributed by atoms with E-state index in [0.717, 1.165) is 0 Å². The van der Waals surface area contributed by atoms with Gasteiger partial charge in [0.05, 0.1) is 31.8 Å².